The number of morpholine rings is 1. The highest BCUT2D eigenvalue weighted by Crippen LogP contribution is 2.32. The molecule has 0 amide bonds. The Morgan fingerprint density at radius 2 is 1.85 bits per heavy atom. The standard InChI is InChI=1S/C17H15F3N6O/c18-17(19,20)11-3-1-2-10(8-11)12-9-22-14-13(23-12)15(25-16(21)24-14)26-4-6-27-7-5-26/h1-3,8-9H,4-7H2,(H2,21,22,24,25). The van der Waals surface area contributed by atoms with Crippen molar-refractivity contribution in [1.82, 2.24) is 19.9 Å². The molecule has 1 aromatic carbocycles. The van der Waals surface area contributed by atoms with E-state index >= 15 is 0 Å². The van der Waals surface area contributed by atoms with E-state index in [9.17, 15) is 13.2 Å². The minimum absolute atomic E-state index is 0.0603. The largest absolute Gasteiger partial charge is 0.416 e. The van der Waals surface area contributed by atoms with E-state index in [0.717, 1.165) is 12.1 Å². The van der Waals surface area contributed by atoms with E-state index in [4.69, 9.17) is 10.5 Å². The zero-order chi connectivity index (χ0) is 19.0. The van der Waals surface area contributed by atoms with Crippen molar-refractivity contribution >= 4 is 22.9 Å². The van der Waals surface area contributed by atoms with E-state index < -0.39 is 11.7 Å². The molecule has 2 aromatic heterocycles. The predicted octanol–water partition coefficient (Wildman–Crippen LogP) is 2.52. The average molecular weight is 376 g/mol. The molecule has 27 heavy (non-hydrogen) atoms. The first-order valence-electron chi connectivity index (χ1n) is 8.22. The van der Waals surface area contributed by atoms with Crippen LogP contribution >= 0.6 is 0 Å². The molecule has 3 heterocycles. The lowest BCUT2D eigenvalue weighted by molar-refractivity contribution is -0.137. The fourth-order valence-corrected chi connectivity index (χ4v) is 2.90. The molecule has 0 radical (unpaired) electrons. The normalized spacial score (nSPS) is 15.3. The summed E-state index contributed by atoms with van der Waals surface area (Å²) < 4.78 is 44.3. The van der Waals surface area contributed by atoms with E-state index in [2.05, 4.69) is 19.9 Å². The van der Waals surface area contributed by atoms with Gasteiger partial charge in [0, 0.05) is 18.7 Å². The summed E-state index contributed by atoms with van der Waals surface area (Å²) in [5.74, 6) is 0.562. The molecule has 1 aliphatic rings. The van der Waals surface area contributed by atoms with Gasteiger partial charge in [0.2, 0.25) is 5.95 Å². The van der Waals surface area contributed by atoms with Gasteiger partial charge in [-0.1, -0.05) is 12.1 Å². The Bertz CT molecular complexity index is 988. The molecule has 140 valence electrons. The third-order valence-electron chi connectivity index (χ3n) is 4.20. The third-order valence-corrected chi connectivity index (χ3v) is 4.20. The van der Waals surface area contributed by atoms with E-state index in [1.54, 1.807) is 6.07 Å². The number of fused-ring (bicyclic) bond motifs is 1. The van der Waals surface area contributed by atoms with Crippen LogP contribution in [0.15, 0.2) is 30.5 Å². The molecule has 0 spiro atoms. The zero-order valence-corrected chi connectivity index (χ0v) is 14.1. The van der Waals surface area contributed by atoms with Crippen LogP contribution in [0.25, 0.3) is 22.4 Å². The highest BCUT2D eigenvalue weighted by molar-refractivity contribution is 5.85. The number of aromatic nitrogens is 4. The van der Waals surface area contributed by atoms with E-state index in [-0.39, 0.29) is 5.95 Å². The Hall–Kier alpha value is -3.01. The van der Waals surface area contributed by atoms with Crippen molar-refractivity contribution in [3.63, 3.8) is 0 Å². The Labute approximate surface area is 152 Å². The molecule has 1 saturated heterocycles. The van der Waals surface area contributed by atoms with E-state index in [0.29, 0.717) is 54.5 Å². The summed E-state index contributed by atoms with van der Waals surface area (Å²) in [5.41, 5.74) is 6.32. The number of nitrogens with two attached hydrogens (primary N) is 1. The van der Waals surface area contributed by atoms with Crippen molar-refractivity contribution in [1.29, 1.82) is 0 Å². The van der Waals surface area contributed by atoms with Gasteiger partial charge in [0.05, 0.1) is 30.7 Å². The van der Waals surface area contributed by atoms with Gasteiger partial charge in [-0.3, -0.25) is 0 Å². The SMILES string of the molecule is Nc1nc(N2CCOCC2)c2nc(-c3cccc(C(F)(F)F)c3)cnc2n1. The minimum Gasteiger partial charge on any atom is -0.378 e. The maximum atomic E-state index is 13.0. The molecule has 3 aromatic rings. The summed E-state index contributed by atoms with van der Waals surface area (Å²) in [7, 11) is 0. The first kappa shape index (κ1) is 17.4. The van der Waals surface area contributed by atoms with Crippen LogP contribution in [0.3, 0.4) is 0 Å². The fraction of sp³-hybridized carbons (Fsp3) is 0.294. The first-order valence-corrected chi connectivity index (χ1v) is 8.22. The molecule has 4 rings (SSSR count). The van der Waals surface area contributed by atoms with Crippen LogP contribution in [0.1, 0.15) is 5.56 Å². The Balaban J connectivity index is 1.83. The number of alkyl halides is 3. The fourth-order valence-electron chi connectivity index (χ4n) is 2.90. The van der Waals surface area contributed by atoms with Crippen LogP contribution in [0, 0.1) is 0 Å². The van der Waals surface area contributed by atoms with Gasteiger partial charge in [0.1, 0.15) is 0 Å². The number of nitrogen functional groups attached to an aromatic ring is 1. The van der Waals surface area contributed by atoms with Crippen LogP contribution < -0.4 is 10.6 Å². The van der Waals surface area contributed by atoms with Crippen LogP contribution in [-0.2, 0) is 10.9 Å². The highest BCUT2D eigenvalue weighted by Gasteiger charge is 2.30. The van der Waals surface area contributed by atoms with Gasteiger partial charge in [0.15, 0.2) is 17.0 Å². The lowest BCUT2D eigenvalue weighted by atomic mass is 10.1. The molecule has 1 fully saturated rings. The third kappa shape index (κ3) is 3.47. The van der Waals surface area contributed by atoms with Crippen molar-refractivity contribution in [2.75, 3.05) is 36.9 Å². The summed E-state index contributed by atoms with van der Waals surface area (Å²) in [4.78, 5) is 19.0. The molecule has 10 heteroatoms. The van der Waals surface area contributed by atoms with Gasteiger partial charge in [-0.2, -0.15) is 23.1 Å². The number of nitrogens with zero attached hydrogens (tertiary/aromatic N) is 5. The van der Waals surface area contributed by atoms with Crippen LogP contribution in [-0.4, -0.2) is 46.2 Å². The molecular formula is C17H15F3N6O. The smallest absolute Gasteiger partial charge is 0.378 e. The molecule has 0 bridgehead atoms. The first-order chi connectivity index (χ1) is 12.9. The Kier molecular flexibility index (Phi) is 4.27. The molecule has 0 saturated carbocycles. The van der Waals surface area contributed by atoms with E-state index in [1.807, 2.05) is 4.90 Å². The van der Waals surface area contributed by atoms with Crippen molar-refractivity contribution in [3.8, 4) is 11.3 Å². The molecule has 2 N–H and O–H groups in total. The van der Waals surface area contributed by atoms with E-state index in [1.165, 1.54) is 12.3 Å². The monoisotopic (exact) mass is 376 g/mol. The van der Waals surface area contributed by atoms with Gasteiger partial charge in [-0.25, -0.2) is 9.97 Å². The molecule has 1 aliphatic heterocycles. The highest BCUT2D eigenvalue weighted by atomic mass is 19.4. The molecule has 0 atom stereocenters. The van der Waals surface area contributed by atoms with Crippen LogP contribution in [0.5, 0.6) is 0 Å². The summed E-state index contributed by atoms with van der Waals surface area (Å²) in [5, 5.41) is 0. The quantitative estimate of drug-likeness (QED) is 0.735. The summed E-state index contributed by atoms with van der Waals surface area (Å²) in [6, 6.07) is 4.95. The number of halogens is 3. The van der Waals surface area contributed by atoms with Crippen molar-refractivity contribution < 1.29 is 17.9 Å². The second-order valence-electron chi connectivity index (χ2n) is 6.01. The van der Waals surface area contributed by atoms with Gasteiger partial charge < -0.3 is 15.4 Å². The molecule has 7 nitrogen and oxygen atoms in total. The number of rotatable bonds is 2. The topological polar surface area (TPSA) is 90.0 Å². The second kappa shape index (κ2) is 6.62. The Morgan fingerprint density at radius 3 is 2.59 bits per heavy atom. The van der Waals surface area contributed by atoms with Crippen molar-refractivity contribution in [3.05, 3.63) is 36.0 Å². The summed E-state index contributed by atoms with van der Waals surface area (Å²) in [6.45, 7) is 2.26. The predicted molar refractivity (Wildman–Crippen MR) is 93.0 cm³/mol. The lowest BCUT2D eigenvalue weighted by Gasteiger charge is -2.28. The number of hydrogen-bond donors (Lipinski definition) is 1. The summed E-state index contributed by atoms with van der Waals surface area (Å²) >= 11 is 0. The molecule has 0 unspecified atom stereocenters. The average Bonchev–Trinajstić information content (AvgIpc) is 2.67. The molecular weight excluding hydrogens is 361 g/mol. The molecule has 0 aliphatic carbocycles. The zero-order valence-electron chi connectivity index (χ0n) is 14.1. The van der Waals surface area contributed by atoms with Gasteiger partial charge in [-0.05, 0) is 12.1 Å². The van der Waals surface area contributed by atoms with Gasteiger partial charge in [0.25, 0.3) is 0 Å². The number of benzene rings is 1. The number of ether oxygens (including phenoxy) is 1. The van der Waals surface area contributed by atoms with Crippen molar-refractivity contribution in [2.24, 2.45) is 0 Å². The number of hydrogen-bond acceptors (Lipinski definition) is 7. The van der Waals surface area contributed by atoms with Gasteiger partial charge in [-0.15, -0.1) is 0 Å². The maximum absolute atomic E-state index is 13.0. The van der Waals surface area contributed by atoms with Crippen LogP contribution in [0.2, 0.25) is 0 Å². The van der Waals surface area contributed by atoms with Gasteiger partial charge >= 0.3 is 6.18 Å². The second-order valence-corrected chi connectivity index (χ2v) is 6.01. The Morgan fingerprint density at radius 1 is 1.07 bits per heavy atom. The van der Waals surface area contributed by atoms with Crippen LogP contribution in [0.4, 0.5) is 24.9 Å². The summed E-state index contributed by atoms with van der Waals surface area (Å²) in [6.07, 6.45) is -3.05. The maximum Gasteiger partial charge on any atom is 0.416 e. The lowest BCUT2D eigenvalue weighted by Crippen LogP contribution is -2.37. The number of anilines is 2. The minimum atomic E-state index is -4.43. The van der Waals surface area contributed by atoms with Crippen molar-refractivity contribution in [2.45, 2.75) is 6.18 Å².